The molecule has 3 rings (SSSR count). The molecule has 0 aliphatic carbocycles. The van der Waals surface area contributed by atoms with Gasteiger partial charge in [-0.3, -0.25) is 4.90 Å². The van der Waals surface area contributed by atoms with Gasteiger partial charge in [0.1, 0.15) is 0 Å². The fraction of sp³-hybridized carbons (Fsp3) is 0.429. The van der Waals surface area contributed by atoms with Crippen molar-refractivity contribution >= 4 is 29.1 Å². The third-order valence-electron chi connectivity index (χ3n) is 4.79. The van der Waals surface area contributed by atoms with E-state index in [0.29, 0.717) is 0 Å². The molecule has 1 heterocycles. The van der Waals surface area contributed by atoms with Gasteiger partial charge in [0.15, 0.2) is 0 Å². The summed E-state index contributed by atoms with van der Waals surface area (Å²) in [6, 6.07) is 16.5. The second-order valence-electron chi connectivity index (χ2n) is 6.81. The number of rotatable bonds is 9. The van der Waals surface area contributed by atoms with E-state index in [4.69, 9.17) is 17.3 Å². The smallest absolute Gasteiger partial charge is 0.0496 e. The monoisotopic (exact) mass is 404 g/mol. The van der Waals surface area contributed by atoms with Gasteiger partial charge in [0.2, 0.25) is 0 Å². The number of nitrogens with zero attached hydrogens (tertiary/aromatic N) is 2. The third kappa shape index (κ3) is 6.70. The normalized spacial score (nSPS) is 15.8. The van der Waals surface area contributed by atoms with Crippen molar-refractivity contribution in [2.24, 2.45) is 5.73 Å². The van der Waals surface area contributed by atoms with E-state index in [-0.39, 0.29) is 0 Å². The molecule has 1 saturated heterocycles. The van der Waals surface area contributed by atoms with Crippen molar-refractivity contribution < 1.29 is 0 Å². The topological polar surface area (TPSA) is 44.5 Å². The summed E-state index contributed by atoms with van der Waals surface area (Å²) in [5.74, 6) is 0. The maximum absolute atomic E-state index is 6.22. The lowest BCUT2D eigenvalue weighted by Gasteiger charge is -2.34. The van der Waals surface area contributed by atoms with Crippen molar-refractivity contribution in [2.75, 3.05) is 57.7 Å². The highest BCUT2D eigenvalue weighted by molar-refractivity contribution is 7.99. The summed E-state index contributed by atoms with van der Waals surface area (Å²) in [5, 5.41) is 4.35. The van der Waals surface area contributed by atoms with Crippen LogP contribution in [0.5, 0.6) is 0 Å². The summed E-state index contributed by atoms with van der Waals surface area (Å²) in [5.41, 5.74) is 6.76. The minimum absolute atomic E-state index is 0.757. The summed E-state index contributed by atoms with van der Waals surface area (Å²) < 4.78 is 0. The lowest BCUT2D eigenvalue weighted by molar-refractivity contribution is 0.135. The first kappa shape index (κ1) is 20.5. The standard InChI is InChI=1S/C21H29ClN4S/c22-18-7-8-21(27-19-5-2-1-3-6-19)20(17-18)24-10-4-11-25-13-15-26(12-9-23)16-14-25/h1-3,5-8,17,24H,4,9-16,23H2. The lowest BCUT2D eigenvalue weighted by Crippen LogP contribution is -2.48. The minimum Gasteiger partial charge on any atom is -0.384 e. The number of anilines is 1. The number of nitrogens with two attached hydrogens (primary N) is 1. The molecule has 2 aromatic carbocycles. The predicted octanol–water partition coefficient (Wildman–Crippen LogP) is 3.87. The van der Waals surface area contributed by atoms with Gasteiger partial charge in [-0.1, -0.05) is 41.6 Å². The van der Waals surface area contributed by atoms with E-state index in [9.17, 15) is 0 Å². The lowest BCUT2D eigenvalue weighted by atomic mass is 10.2. The minimum atomic E-state index is 0.757. The van der Waals surface area contributed by atoms with Crippen LogP contribution in [0, 0.1) is 0 Å². The van der Waals surface area contributed by atoms with Crippen LogP contribution in [0.15, 0.2) is 58.3 Å². The number of hydrogen-bond acceptors (Lipinski definition) is 5. The molecule has 2 aromatic rings. The van der Waals surface area contributed by atoms with Crippen LogP contribution in [0.25, 0.3) is 0 Å². The summed E-state index contributed by atoms with van der Waals surface area (Å²) >= 11 is 7.99. The molecule has 0 aromatic heterocycles. The highest BCUT2D eigenvalue weighted by Gasteiger charge is 2.15. The highest BCUT2D eigenvalue weighted by atomic mass is 35.5. The summed E-state index contributed by atoms with van der Waals surface area (Å²) in [4.78, 5) is 7.44. The van der Waals surface area contributed by atoms with Crippen LogP contribution in [0.3, 0.4) is 0 Å². The average Bonchev–Trinajstić information content (AvgIpc) is 2.69. The van der Waals surface area contributed by atoms with Crippen molar-refractivity contribution in [2.45, 2.75) is 16.2 Å². The number of halogens is 1. The van der Waals surface area contributed by atoms with E-state index < -0.39 is 0 Å². The molecular formula is C21H29ClN4S. The first-order chi connectivity index (χ1) is 13.2. The fourth-order valence-electron chi connectivity index (χ4n) is 3.29. The first-order valence-electron chi connectivity index (χ1n) is 9.66. The SMILES string of the molecule is NCCN1CCN(CCCNc2cc(Cl)ccc2Sc2ccccc2)CC1. The van der Waals surface area contributed by atoms with Crippen LogP contribution in [0.1, 0.15) is 6.42 Å². The molecular weight excluding hydrogens is 376 g/mol. The van der Waals surface area contributed by atoms with E-state index in [0.717, 1.165) is 69.5 Å². The fourth-order valence-corrected chi connectivity index (χ4v) is 4.39. The summed E-state index contributed by atoms with van der Waals surface area (Å²) in [6.07, 6.45) is 1.12. The molecule has 0 unspecified atom stereocenters. The van der Waals surface area contributed by atoms with Gasteiger partial charge in [0, 0.05) is 66.3 Å². The second-order valence-corrected chi connectivity index (χ2v) is 8.36. The predicted molar refractivity (Wildman–Crippen MR) is 117 cm³/mol. The molecule has 0 amide bonds. The molecule has 0 spiro atoms. The maximum atomic E-state index is 6.22. The second kappa shape index (κ2) is 10.9. The number of hydrogen-bond donors (Lipinski definition) is 2. The van der Waals surface area contributed by atoms with Gasteiger partial charge in [-0.2, -0.15) is 0 Å². The quantitative estimate of drug-likeness (QED) is 0.621. The van der Waals surface area contributed by atoms with Crippen LogP contribution in [0.4, 0.5) is 5.69 Å². The zero-order chi connectivity index (χ0) is 18.9. The Morgan fingerprint density at radius 2 is 1.67 bits per heavy atom. The molecule has 1 fully saturated rings. The molecule has 0 saturated carbocycles. The molecule has 4 nitrogen and oxygen atoms in total. The van der Waals surface area contributed by atoms with Crippen LogP contribution < -0.4 is 11.1 Å². The third-order valence-corrected chi connectivity index (χ3v) is 6.11. The Labute approximate surface area is 172 Å². The van der Waals surface area contributed by atoms with Gasteiger partial charge >= 0.3 is 0 Å². The molecule has 6 heteroatoms. The van der Waals surface area contributed by atoms with Crippen molar-refractivity contribution in [1.29, 1.82) is 0 Å². The number of nitrogens with one attached hydrogen (secondary N) is 1. The van der Waals surface area contributed by atoms with E-state index in [1.807, 2.05) is 18.2 Å². The average molecular weight is 405 g/mol. The van der Waals surface area contributed by atoms with E-state index in [1.54, 1.807) is 11.8 Å². The van der Waals surface area contributed by atoms with E-state index in [2.05, 4.69) is 45.4 Å². The largest absolute Gasteiger partial charge is 0.384 e. The number of benzene rings is 2. The Morgan fingerprint density at radius 1 is 0.963 bits per heavy atom. The molecule has 146 valence electrons. The van der Waals surface area contributed by atoms with Crippen LogP contribution in [0.2, 0.25) is 5.02 Å². The van der Waals surface area contributed by atoms with Crippen molar-refractivity contribution in [3.05, 3.63) is 53.6 Å². The van der Waals surface area contributed by atoms with Gasteiger partial charge in [-0.15, -0.1) is 0 Å². The van der Waals surface area contributed by atoms with E-state index in [1.165, 1.54) is 9.79 Å². The van der Waals surface area contributed by atoms with E-state index >= 15 is 0 Å². The maximum Gasteiger partial charge on any atom is 0.0496 e. The first-order valence-corrected chi connectivity index (χ1v) is 10.8. The van der Waals surface area contributed by atoms with Crippen molar-refractivity contribution in [1.82, 2.24) is 9.80 Å². The van der Waals surface area contributed by atoms with Crippen LogP contribution >= 0.6 is 23.4 Å². The van der Waals surface area contributed by atoms with Crippen molar-refractivity contribution in [3.63, 3.8) is 0 Å². The summed E-state index contributed by atoms with van der Waals surface area (Å²) in [6.45, 7) is 8.42. The van der Waals surface area contributed by atoms with Crippen molar-refractivity contribution in [3.8, 4) is 0 Å². The zero-order valence-electron chi connectivity index (χ0n) is 15.7. The van der Waals surface area contributed by atoms with Gasteiger partial charge in [-0.05, 0) is 43.3 Å². The van der Waals surface area contributed by atoms with Gasteiger partial charge in [-0.25, -0.2) is 0 Å². The molecule has 3 N–H and O–H groups in total. The molecule has 27 heavy (non-hydrogen) atoms. The zero-order valence-corrected chi connectivity index (χ0v) is 17.3. The van der Waals surface area contributed by atoms with Crippen LogP contribution in [-0.4, -0.2) is 62.2 Å². The Balaban J connectivity index is 1.46. The Kier molecular flexibility index (Phi) is 8.30. The van der Waals surface area contributed by atoms with Gasteiger partial charge < -0.3 is 16.0 Å². The molecule has 0 atom stereocenters. The molecule has 0 radical (unpaired) electrons. The number of piperazine rings is 1. The van der Waals surface area contributed by atoms with Gasteiger partial charge in [0.05, 0.1) is 0 Å². The molecule has 1 aliphatic rings. The molecule has 0 bridgehead atoms. The van der Waals surface area contributed by atoms with Crippen LogP contribution in [-0.2, 0) is 0 Å². The Morgan fingerprint density at radius 3 is 2.37 bits per heavy atom. The Bertz CT molecular complexity index is 690. The summed E-state index contributed by atoms with van der Waals surface area (Å²) in [7, 11) is 0. The molecule has 1 aliphatic heterocycles. The van der Waals surface area contributed by atoms with Gasteiger partial charge in [0.25, 0.3) is 0 Å². The highest BCUT2D eigenvalue weighted by Crippen LogP contribution is 2.35. The Hall–Kier alpha value is -1.24.